The smallest absolute Gasteiger partial charge is 0.429 e. The molecule has 8 heteroatoms. The van der Waals surface area contributed by atoms with Crippen LogP contribution in [-0.4, -0.2) is 40.8 Å². The highest BCUT2D eigenvalue weighted by Gasteiger charge is 2.36. The molecule has 0 unspecified atom stereocenters. The average molecular weight is 377 g/mol. The molecule has 0 spiro atoms. The van der Waals surface area contributed by atoms with Gasteiger partial charge >= 0.3 is 12.2 Å². The van der Waals surface area contributed by atoms with Gasteiger partial charge in [-0.05, 0) is 59.7 Å². The molecule has 0 saturated carbocycles. The molecule has 0 aromatic heterocycles. The zero-order valence-electron chi connectivity index (χ0n) is 16.7. The van der Waals surface area contributed by atoms with Gasteiger partial charge in [-0.25, -0.2) is 19.6 Å². The fraction of sp³-hybridized carbons (Fsp3) is 0.526. The number of amides is 3. The van der Waals surface area contributed by atoms with E-state index in [1.165, 1.54) is 10.0 Å². The molecule has 0 bridgehead atoms. The lowest BCUT2D eigenvalue weighted by Gasteiger charge is -2.30. The van der Waals surface area contributed by atoms with Gasteiger partial charge in [0.2, 0.25) is 5.91 Å². The second-order valence-corrected chi connectivity index (χ2v) is 8.24. The second kappa shape index (κ2) is 7.46. The summed E-state index contributed by atoms with van der Waals surface area (Å²) in [6, 6.07) is 6.64. The monoisotopic (exact) mass is 377 g/mol. The number of hydrogen-bond donors (Lipinski definition) is 1. The van der Waals surface area contributed by atoms with E-state index in [9.17, 15) is 14.4 Å². The topological polar surface area (TPSA) is 88.2 Å². The number of nitrogens with zero attached hydrogens (tertiary/aromatic N) is 2. The normalized spacial score (nSPS) is 15.0. The molecule has 27 heavy (non-hydrogen) atoms. The Morgan fingerprint density at radius 3 is 2.26 bits per heavy atom. The van der Waals surface area contributed by atoms with Crippen molar-refractivity contribution in [3.8, 4) is 0 Å². The number of rotatable bonds is 2. The van der Waals surface area contributed by atoms with Gasteiger partial charge in [0.1, 0.15) is 11.2 Å². The van der Waals surface area contributed by atoms with Crippen LogP contribution < -0.4 is 10.3 Å². The predicted molar refractivity (Wildman–Crippen MR) is 101 cm³/mol. The van der Waals surface area contributed by atoms with Crippen LogP contribution in [0.5, 0.6) is 0 Å². The highest BCUT2D eigenvalue weighted by molar-refractivity contribution is 5.98. The van der Waals surface area contributed by atoms with Gasteiger partial charge < -0.3 is 9.47 Å². The predicted octanol–water partition coefficient (Wildman–Crippen LogP) is 3.92. The van der Waals surface area contributed by atoms with Crippen LogP contribution in [0.15, 0.2) is 24.3 Å². The van der Waals surface area contributed by atoms with Crippen molar-refractivity contribution >= 4 is 29.5 Å². The highest BCUT2D eigenvalue weighted by atomic mass is 16.6. The molecule has 0 radical (unpaired) electrons. The molecule has 1 saturated heterocycles. The van der Waals surface area contributed by atoms with Crippen LogP contribution in [0.2, 0.25) is 0 Å². The third-order valence-electron chi connectivity index (χ3n) is 3.36. The van der Waals surface area contributed by atoms with Crippen molar-refractivity contribution in [1.29, 1.82) is 0 Å². The summed E-state index contributed by atoms with van der Waals surface area (Å²) in [6.45, 7) is 10.8. The average Bonchev–Trinajstić information content (AvgIpc) is 2.85. The number of anilines is 2. The lowest BCUT2D eigenvalue weighted by molar-refractivity contribution is -0.118. The molecule has 1 aromatic carbocycles. The zero-order valence-corrected chi connectivity index (χ0v) is 16.7. The van der Waals surface area contributed by atoms with Crippen molar-refractivity contribution in [3.63, 3.8) is 0 Å². The van der Waals surface area contributed by atoms with Gasteiger partial charge in [-0.15, -0.1) is 0 Å². The molecule has 0 aliphatic carbocycles. The molecular weight excluding hydrogens is 350 g/mol. The first-order valence-electron chi connectivity index (χ1n) is 8.79. The Bertz CT molecular complexity index is 734. The minimum Gasteiger partial charge on any atom is -0.444 e. The van der Waals surface area contributed by atoms with Gasteiger partial charge in [0, 0.05) is 12.1 Å². The lowest BCUT2D eigenvalue weighted by Crippen LogP contribution is -2.45. The van der Waals surface area contributed by atoms with Crippen molar-refractivity contribution in [2.75, 3.05) is 16.9 Å². The zero-order chi connectivity index (χ0) is 20.4. The van der Waals surface area contributed by atoms with Crippen LogP contribution in [0.1, 0.15) is 48.0 Å². The lowest BCUT2D eigenvalue weighted by atomic mass is 10.2. The summed E-state index contributed by atoms with van der Waals surface area (Å²) in [6.07, 6.45) is -1.00. The molecule has 1 fully saturated rings. The van der Waals surface area contributed by atoms with E-state index in [2.05, 4.69) is 5.32 Å². The quantitative estimate of drug-likeness (QED) is 0.844. The molecule has 1 heterocycles. The molecule has 0 atom stereocenters. The number of benzene rings is 1. The van der Waals surface area contributed by atoms with E-state index in [-0.39, 0.29) is 18.9 Å². The molecule has 1 aromatic rings. The summed E-state index contributed by atoms with van der Waals surface area (Å²) in [4.78, 5) is 36.7. The minimum atomic E-state index is -0.672. The first-order valence-corrected chi connectivity index (χ1v) is 8.79. The SMILES string of the molecule is CC(C)(C)OC(=O)Nc1cccc(N2C(=O)CCN2C(=O)OC(C)(C)C)c1. The number of carbonyl (C=O) groups is 3. The number of hydrazine groups is 1. The van der Waals surface area contributed by atoms with Crippen LogP contribution >= 0.6 is 0 Å². The van der Waals surface area contributed by atoms with Crippen LogP contribution in [0.3, 0.4) is 0 Å². The molecule has 1 aliphatic rings. The van der Waals surface area contributed by atoms with Gasteiger partial charge in [-0.1, -0.05) is 6.07 Å². The first-order chi connectivity index (χ1) is 12.4. The first kappa shape index (κ1) is 20.5. The van der Waals surface area contributed by atoms with E-state index in [0.717, 1.165) is 0 Å². The number of carbonyl (C=O) groups excluding carboxylic acids is 3. The molecule has 148 valence electrons. The number of hydrogen-bond acceptors (Lipinski definition) is 5. The van der Waals surface area contributed by atoms with Gasteiger partial charge in [0.25, 0.3) is 0 Å². The molecule has 1 N–H and O–H groups in total. The maximum absolute atomic E-state index is 12.4. The standard InChI is InChI=1S/C19H27N3O5/c1-18(2,3)26-16(24)20-13-8-7-9-14(12-13)22-15(23)10-11-21(22)17(25)27-19(4,5)6/h7-9,12H,10-11H2,1-6H3,(H,20,24). The maximum atomic E-state index is 12.4. The van der Waals surface area contributed by atoms with E-state index in [1.807, 2.05) is 0 Å². The molecule has 1 aliphatic heterocycles. The molecule has 2 rings (SSSR count). The number of nitrogens with one attached hydrogen (secondary N) is 1. The van der Waals surface area contributed by atoms with Gasteiger partial charge in [0.05, 0.1) is 12.2 Å². The summed E-state index contributed by atoms with van der Waals surface area (Å²) >= 11 is 0. The van der Waals surface area contributed by atoms with E-state index in [1.54, 1.807) is 65.8 Å². The van der Waals surface area contributed by atoms with Crippen LogP contribution in [0.4, 0.5) is 21.0 Å². The van der Waals surface area contributed by atoms with Crippen LogP contribution in [-0.2, 0) is 14.3 Å². The Labute approximate surface area is 159 Å². The van der Waals surface area contributed by atoms with Gasteiger partial charge in [0.15, 0.2) is 0 Å². The van der Waals surface area contributed by atoms with E-state index in [4.69, 9.17) is 9.47 Å². The number of ether oxygens (including phenoxy) is 2. The minimum absolute atomic E-state index is 0.197. The van der Waals surface area contributed by atoms with Crippen LogP contribution in [0, 0.1) is 0 Å². The fourth-order valence-corrected chi connectivity index (χ4v) is 2.45. The summed E-state index contributed by atoms with van der Waals surface area (Å²) in [5.41, 5.74) is -0.392. The summed E-state index contributed by atoms with van der Waals surface area (Å²) in [5, 5.41) is 5.16. The highest BCUT2D eigenvalue weighted by Crippen LogP contribution is 2.27. The summed E-state index contributed by atoms with van der Waals surface area (Å²) in [7, 11) is 0. The van der Waals surface area contributed by atoms with Crippen molar-refractivity contribution in [1.82, 2.24) is 5.01 Å². The Hall–Kier alpha value is -2.77. The Morgan fingerprint density at radius 2 is 1.67 bits per heavy atom. The summed E-state index contributed by atoms with van der Waals surface area (Å²) < 4.78 is 10.6. The van der Waals surface area contributed by atoms with E-state index in [0.29, 0.717) is 11.4 Å². The molecular formula is C19H27N3O5. The Balaban J connectivity index is 2.19. The Kier molecular flexibility index (Phi) is 5.67. The molecule has 8 nitrogen and oxygen atoms in total. The van der Waals surface area contributed by atoms with E-state index < -0.39 is 23.4 Å². The maximum Gasteiger partial charge on any atom is 0.429 e. The van der Waals surface area contributed by atoms with Crippen molar-refractivity contribution in [3.05, 3.63) is 24.3 Å². The van der Waals surface area contributed by atoms with Crippen LogP contribution in [0.25, 0.3) is 0 Å². The van der Waals surface area contributed by atoms with Crippen molar-refractivity contribution < 1.29 is 23.9 Å². The second-order valence-electron chi connectivity index (χ2n) is 8.24. The fourth-order valence-electron chi connectivity index (χ4n) is 2.45. The third-order valence-corrected chi connectivity index (χ3v) is 3.36. The van der Waals surface area contributed by atoms with Gasteiger partial charge in [-0.2, -0.15) is 0 Å². The molecule has 3 amide bonds. The Morgan fingerprint density at radius 1 is 1.04 bits per heavy atom. The van der Waals surface area contributed by atoms with Gasteiger partial charge in [-0.3, -0.25) is 10.1 Å². The largest absolute Gasteiger partial charge is 0.444 e. The van der Waals surface area contributed by atoms with E-state index >= 15 is 0 Å². The summed E-state index contributed by atoms with van der Waals surface area (Å²) in [5.74, 6) is -0.227. The van der Waals surface area contributed by atoms with Crippen molar-refractivity contribution in [2.24, 2.45) is 0 Å². The third kappa shape index (κ3) is 5.87. The van der Waals surface area contributed by atoms with Crippen molar-refractivity contribution in [2.45, 2.75) is 59.2 Å².